The Hall–Kier alpha value is -0.370. The van der Waals surface area contributed by atoms with Crippen LogP contribution < -0.4 is 5.32 Å². The molecule has 0 saturated carbocycles. The summed E-state index contributed by atoms with van der Waals surface area (Å²) in [6.45, 7) is 6.43. The van der Waals surface area contributed by atoms with Crippen molar-refractivity contribution in [2.24, 2.45) is 5.92 Å². The van der Waals surface area contributed by atoms with Crippen molar-refractivity contribution in [3.8, 4) is 0 Å². The molecular weight excluding hydrogens is 162 g/mol. The molecule has 1 N–H and O–H groups in total. The quantitative estimate of drug-likeness (QED) is 0.441. The summed E-state index contributed by atoms with van der Waals surface area (Å²) >= 11 is 0. The van der Waals surface area contributed by atoms with E-state index in [-0.39, 0.29) is 0 Å². The minimum Gasteiger partial charge on any atom is -0.316 e. The lowest BCUT2D eigenvalue weighted by Crippen LogP contribution is -2.16. The molecule has 0 aromatic heterocycles. The summed E-state index contributed by atoms with van der Waals surface area (Å²) in [6.07, 6.45) is 6.84. The smallest absolute Gasteiger partial charge is 0.121 e. The van der Waals surface area contributed by atoms with Gasteiger partial charge in [-0.1, -0.05) is 33.1 Å². The highest BCUT2D eigenvalue weighted by Crippen LogP contribution is 2.07. The molecule has 2 heteroatoms. The van der Waals surface area contributed by atoms with E-state index < -0.39 is 0 Å². The van der Waals surface area contributed by atoms with E-state index in [0.717, 1.165) is 25.3 Å². The van der Waals surface area contributed by atoms with Gasteiger partial charge in [0.1, 0.15) is 6.29 Å². The lowest BCUT2D eigenvalue weighted by atomic mass is 10.1. The Morgan fingerprint density at radius 1 is 1.15 bits per heavy atom. The molecule has 0 atom stereocenters. The Balaban J connectivity index is 2.87. The van der Waals surface area contributed by atoms with E-state index >= 15 is 0 Å². The van der Waals surface area contributed by atoms with Gasteiger partial charge in [-0.15, -0.1) is 0 Å². The maximum atomic E-state index is 9.97. The third-order valence-electron chi connectivity index (χ3n) is 2.07. The van der Waals surface area contributed by atoms with Crippen LogP contribution in [0.25, 0.3) is 0 Å². The minimum atomic E-state index is 0.645. The third-order valence-corrected chi connectivity index (χ3v) is 2.07. The van der Waals surface area contributed by atoms with E-state index in [0.29, 0.717) is 6.42 Å². The zero-order chi connectivity index (χ0) is 9.94. The predicted molar refractivity (Wildman–Crippen MR) is 56.9 cm³/mol. The summed E-state index contributed by atoms with van der Waals surface area (Å²) in [5.41, 5.74) is 0. The number of rotatable bonds is 9. The summed E-state index contributed by atoms with van der Waals surface area (Å²) in [4.78, 5) is 9.97. The van der Waals surface area contributed by atoms with Gasteiger partial charge in [-0.05, 0) is 18.9 Å². The van der Waals surface area contributed by atoms with Gasteiger partial charge in [-0.3, -0.25) is 0 Å². The highest BCUT2D eigenvalue weighted by Gasteiger charge is 1.93. The summed E-state index contributed by atoms with van der Waals surface area (Å²) in [7, 11) is 0. The number of carbonyl (C=O) groups is 1. The topological polar surface area (TPSA) is 29.1 Å². The number of aldehydes is 1. The lowest BCUT2D eigenvalue weighted by Gasteiger charge is -2.04. The van der Waals surface area contributed by atoms with E-state index in [1.807, 2.05) is 0 Å². The molecule has 0 amide bonds. The maximum Gasteiger partial charge on any atom is 0.121 e. The summed E-state index contributed by atoms with van der Waals surface area (Å²) in [6, 6.07) is 0. The number of unbranched alkanes of at least 4 members (excludes halogenated alkanes) is 2. The summed E-state index contributed by atoms with van der Waals surface area (Å²) in [5, 5.41) is 3.24. The molecule has 0 fully saturated rings. The third kappa shape index (κ3) is 11.6. The van der Waals surface area contributed by atoms with Crippen LogP contribution in [0.5, 0.6) is 0 Å². The molecule has 2 nitrogen and oxygen atoms in total. The van der Waals surface area contributed by atoms with E-state index in [1.165, 1.54) is 25.7 Å². The van der Waals surface area contributed by atoms with Crippen LogP contribution in [0.4, 0.5) is 0 Å². The Morgan fingerprint density at radius 2 is 1.92 bits per heavy atom. The molecule has 0 saturated heterocycles. The van der Waals surface area contributed by atoms with Crippen molar-refractivity contribution >= 4 is 6.29 Å². The van der Waals surface area contributed by atoms with Crippen molar-refractivity contribution in [3.63, 3.8) is 0 Å². The van der Waals surface area contributed by atoms with Gasteiger partial charge in [0.15, 0.2) is 0 Å². The monoisotopic (exact) mass is 185 g/mol. The van der Waals surface area contributed by atoms with Crippen molar-refractivity contribution in [1.29, 1.82) is 0 Å². The van der Waals surface area contributed by atoms with Gasteiger partial charge in [0, 0.05) is 13.0 Å². The Kier molecular flexibility index (Phi) is 9.44. The molecule has 0 bridgehead atoms. The molecule has 0 aliphatic rings. The second-order valence-electron chi connectivity index (χ2n) is 3.95. The zero-order valence-electron chi connectivity index (χ0n) is 9.01. The number of nitrogens with one attached hydrogen (secondary N) is 1. The first kappa shape index (κ1) is 12.6. The van der Waals surface area contributed by atoms with Crippen LogP contribution in [0.2, 0.25) is 0 Å². The normalized spacial score (nSPS) is 10.7. The second-order valence-corrected chi connectivity index (χ2v) is 3.95. The van der Waals surface area contributed by atoms with Crippen molar-refractivity contribution in [3.05, 3.63) is 0 Å². The first-order chi connectivity index (χ1) is 6.27. The maximum absolute atomic E-state index is 9.97. The average molecular weight is 185 g/mol. The fourth-order valence-electron chi connectivity index (χ4n) is 1.27. The van der Waals surface area contributed by atoms with Gasteiger partial charge in [0.25, 0.3) is 0 Å². The van der Waals surface area contributed by atoms with Gasteiger partial charge in [0.05, 0.1) is 0 Å². The van der Waals surface area contributed by atoms with Gasteiger partial charge >= 0.3 is 0 Å². The Morgan fingerprint density at radius 3 is 2.54 bits per heavy atom. The highest BCUT2D eigenvalue weighted by atomic mass is 16.1. The van der Waals surface area contributed by atoms with Gasteiger partial charge in [-0.25, -0.2) is 0 Å². The highest BCUT2D eigenvalue weighted by molar-refractivity contribution is 5.49. The van der Waals surface area contributed by atoms with Crippen molar-refractivity contribution in [1.82, 2.24) is 5.32 Å². The molecule has 0 aromatic carbocycles. The fraction of sp³-hybridized carbons (Fsp3) is 0.909. The molecule has 0 radical (unpaired) electrons. The molecule has 0 aromatic rings. The fourth-order valence-corrected chi connectivity index (χ4v) is 1.27. The van der Waals surface area contributed by atoms with Crippen LogP contribution in [0.3, 0.4) is 0 Å². The van der Waals surface area contributed by atoms with E-state index in [1.54, 1.807) is 0 Å². The van der Waals surface area contributed by atoms with Crippen LogP contribution in [-0.4, -0.2) is 19.4 Å². The Labute approximate surface area is 82.1 Å². The summed E-state index contributed by atoms with van der Waals surface area (Å²) < 4.78 is 0. The predicted octanol–water partition coefficient (Wildman–Crippen LogP) is 2.38. The van der Waals surface area contributed by atoms with Crippen LogP contribution >= 0.6 is 0 Å². The second kappa shape index (κ2) is 9.72. The SMILES string of the molecule is CC(C)CCCCCNCCC=O. The van der Waals surface area contributed by atoms with Gasteiger partial charge < -0.3 is 10.1 Å². The molecule has 0 spiro atoms. The van der Waals surface area contributed by atoms with Crippen LogP contribution in [-0.2, 0) is 4.79 Å². The van der Waals surface area contributed by atoms with Crippen LogP contribution in [0.1, 0.15) is 46.0 Å². The molecule has 0 aliphatic heterocycles. The largest absolute Gasteiger partial charge is 0.316 e. The molecule has 0 heterocycles. The molecule has 13 heavy (non-hydrogen) atoms. The molecule has 0 aliphatic carbocycles. The van der Waals surface area contributed by atoms with E-state index in [9.17, 15) is 4.79 Å². The zero-order valence-corrected chi connectivity index (χ0v) is 9.01. The molecular formula is C11H23NO. The number of hydrogen-bond donors (Lipinski definition) is 1. The van der Waals surface area contributed by atoms with Gasteiger partial charge in [0.2, 0.25) is 0 Å². The van der Waals surface area contributed by atoms with Gasteiger partial charge in [-0.2, -0.15) is 0 Å². The average Bonchev–Trinajstić information content (AvgIpc) is 2.09. The van der Waals surface area contributed by atoms with E-state index in [2.05, 4.69) is 19.2 Å². The standard InChI is InChI=1S/C11H23NO/c1-11(2)7-4-3-5-8-12-9-6-10-13/h10-12H,3-9H2,1-2H3. The first-order valence-corrected chi connectivity index (χ1v) is 5.41. The van der Waals surface area contributed by atoms with Crippen molar-refractivity contribution in [2.75, 3.05) is 13.1 Å². The lowest BCUT2D eigenvalue weighted by molar-refractivity contribution is -0.107. The van der Waals surface area contributed by atoms with Crippen LogP contribution in [0, 0.1) is 5.92 Å². The number of carbonyl (C=O) groups excluding carboxylic acids is 1. The minimum absolute atomic E-state index is 0.645. The summed E-state index contributed by atoms with van der Waals surface area (Å²) in [5.74, 6) is 0.836. The molecule has 0 unspecified atom stereocenters. The Bertz CT molecular complexity index is 113. The molecule has 0 rings (SSSR count). The van der Waals surface area contributed by atoms with Crippen LogP contribution in [0.15, 0.2) is 0 Å². The molecule has 78 valence electrons. The first-order valence-electron chi connectivity index (χ1n) is 5.41. The van der Waals surface area contributed by atoms with Crippen molar-refractivity contribution in [2.45, 2.75) is 46.0 Å². The van der Waals surface area contributed by atoms with Crippen molar-refractivity contribution < 1.29 is 4.79 Å². The van der Waals surface area contributed by atoms with E-state index in [4.69, 9.17) is 0 Å². The number of hydrogen-bond acceptors (Lipinski definition) is 2.